The molecule has 2 aliphatic rings. The van der Waals surface area contributed by atoms with Crippen molar-refractivity contribution in [1.82, 2.24) is 14.9 Å². The van der Waals surface area contributed by atoms with Crippen molar-refractivity contribution < 1.29 is 5.11 Å². The molecule has 3 aromatic rings. The number of nitrogens with one attached hydrogen (secondary N) is 1. The molecule has 2 aliphatic heterocycles. The van der Waals surface area contributed by atoms with E-state index in [1.807, 2.05) is 30.6 Å². The SMILES string of the molecule is CO.N#Cc1cccc(-c2ccc3c(c2)C2C(CCN2Cc2cncnc2)CN3)c1. The van der Waals surface area contributed by atoms with Gasteiger partial charge in [-0.2, -0.15) is 5.26 Å². The van der Waals surface area contributed by atoms with Gasteiger partial charge in [-0.05, 0) is 59.8 Å². The minimum atomic E-state index is 0.399. The molecule has 2 unspecified atom stereocenters. The molecule has 0 aliphatic carbocycles. The number of nitriles is 1. The van der Waals surface area contributed by atoms with Gasteiger partial charge >= 0.3 is 0 Å². The van der Waals surface area contributed by atoms with Gasteiger partial charge in [0.05, 0.1) is 11.6 Å². The van der Waals surface area contributed by atoms with Gasteiger partial charge in [0.2, 0.25) is 0 Å². The first-order chi connectivity index (χ1) is 14.8. The third-order valence-electron chi connectivity index (χ3n) is 5.88. The van der Waals surface area contributed by atoms with E-state index in [9.17, 15) is 5.26 Å². The highest BCUT2D eigenvalue weighted by molar-refractivity contribution is 5.71. The van der Waals surface area contributed by atoms with Crippen molar-refractivity contribution in [3.8, 4) is 17.2 Å². The summed E-state index contributed by atoms with van der Waals surface area (Å²) in [7, 11) is 1.00. The number of aromatic nitrogens is 2. The quantitative estimate of drug-likeness (QED) is 0.700. The summed E-state index contributed by atoms with van der Waals surface area (Å²) in [4.78, 5) is 10.9. The highest BCUT2D eigenvalue weighted by atomic mass is 16.2. The van der Waals surface area contributed by atoms with E-state index in [1.165, 1.54) is 17.7 Å². The Labute approximate surface area is 176 Å². The first-order valence-electron chi connectivity index (χ1n) is 10.1. The third-order valence-corrected chi connectivity index (χ3v) is 5.88. The molecule has 1 saturated heterocycles. The second-order valence-corrected chi connectivity index (χ2v) is 7.59. The lowest BCUT2D eigenvalue weighted by Gasteiger charge is -2.35. The molecular formula is C24H25N5O. The van der Waals surface area contributed by atoms with E-state index in [1.54, 1.807) is 6.33 Å². The molecule has 6 nitrogen and oxygen atoms in total. The van der Waals surface area contributed by atoms with Gasteiger partial charge in [0.25, 0.3) is 0 Å². The molecule has 30 heavy (non-hydrogen) atoms. The van der Waals surface area contributed by atoms with Gasteiger partial charge in [-0.15, -0.1) is 0 Å². The molecule has 1 fully saturated rings. The van der Waals surface area contributed by atoms with E-state index in [0.717, 1.165) is 43.4 Å². The van der Waals surface area contributed by atoms with Gasteiger partial charge < -0.3 is 10.4 Å². The predicted molar refractivity (Wildman–Crippen MR) is 117 cm³/mol. The van der Waals surface area contributed by atoms with Crippen molar-refractivity contribution in [2.45, 2.75) is 19.0 Å². The van der Waals surface area contributed by atoms with Gasteiger partial charge in [0, 0.05) is 49.9 Å². The molecule has 2 N–H and O–H groups in total. The van der Waals surface area contributed by atoms with Crippen LogP contribution >= 0.6 is 0 Å². The lowest BCUT2D eigenvalue weighted by atomic mass is 9.87. The first kappa shape index (κ1) is 20.0. The Morgan fingerprint density at radius 2 is 1.93 bits per heavy atom. The van der Waals surface area contributed by atoms with Crippen molar-refractivity contribution in [1.29, 1.82) is 5.26 Å². The van der Waals surface area contributed by atoms with Crippen LogP contribution in [0.25, 0.3) is 11.1 Å². The maximum absolute atomic E-state index is 9.22. The van der Waals surface area contributed by atoms with E-state index in [-0.39, 0.29) is 0 Å². The van der Waals surface area contributed by atoms with Crippen LogP contribution in [0.3, 0.4) is 0 Å². The minimum Gasteiger partial charge on any atom is -0.400 e. The van der Waals surface area contributed by atoms with Crippen molar-refractivity contribution in [2.24, 2.45) is 5.92 Å². The molecule has 2 atom stereocenters. The summed E-state index contributed by atoms with van der Waals surface area (Å²) in [6, 6.07) is 17.1. The molecule has 0 radical (unpaired) electrons. The van der Waals surface area contributed by atoms with Crippen molar-refractivity contribution in [2.75, 3.05) is 25.5 Å². The Hall–Kier alpha value is -3.27. The monoisotopic (exact) mass is 399 g/mol. The second-order valence-electron chi connectivity index (χ2n) is 7.59. The van der Waals surface area contributed by atoms with Crippen molar-refractivity contribution >= 4 is 5.69 Å². The summed E-state index contributed by atoms with van der Waals surface area (Å²) >= 11 is 0. The number of likely N-dealkylation sites (tertiary alicyclic amines) is 1. The summed E-state index contributed by atoms with van der Waals surface area (Å²) in [5, 5.41) is 19.8. The van der Waals surface area contributed by atoms with E-state index in [4.69, 9.17) is 5.11 Å². The molecule has 2 aromatic carbocycles. The zero-order chi connectivity index (χ0) is 20.9. The van der Waals surface area contributed by atoms with Gasteiger partial charge in [-0.1, -0.05) is 18.2 Å². The van der Waals surface area contributed by atoms with Crippen LogP contribution in [-0.2, 0) is 6.54 Å². The highest BCUT2D eigenvalue weighted by Gasteiger charge is 2.39. The zero-order valence-electron chi connectivity index (χ0n) is 17.0. The van der Waals surface area contributed by atoms with Crippen LogP contribution in [-0.4, -0.2) is 40.2 Å². The van der Waals surface area contributed by atoms with Crippen LogP contribution in [0.4, 0.5) is 5.69 Å². The Kier molecular flexibility index (Phi) is 6.03. The summed E-state index contributed by atoms with van der Waals surface area (Å²) in [5.41, 5.74) is 6.67. The molecule has 6 heteroatoms. The standard InChI is InChI=1S/C23H21N5.CH4O/c24-10-16-2-1-3-18(8-16)19-4-5-22-21(9-19)23-20(13-27-22)6-7-28(23)14-17-11-25-15-26-12-17;1-2/h1-5,8-9,11-12,15,20,23,27H,6-7,13-14H2;2H,1H3. The second kappa shape index (κ2) is 9.04. The van der Waals surface area contributed by atoms with Gasteiger partial charge in [-0.3, -0.25) is 4.90 Å². The van der Waals surface area contributed by atoms with Gasteiger partial charge in [0.15, 0.2) is 0 Å². The molecule has 0 spiro atoms. The molecule has 0 saturated carbocycles. The Bertz CT molecular complexity index is 1050. The van der Waals surface area contributed by atoms with Crippen molar-refractivity contribution in [3.63, 3.8) is 0 Å². The van der Waals surface area contributed by atoms with Crippen LogP contribution in [0.2, 0.25) is 0 Å². The highest BCUT2D eigenvalue weighted by Crippen LogP contribution is 2.45. The average Bonchev–Trinajstić information content (AvgIpc) is 3.24. The normalized spacial score (nSPS) is 19.5. The van der Waals surface area contributed by atoms with Gasteiger partial charge in [-0.25, -0.2) is 9.97 Å². The maximum atomic E-state index is 9.22. The molecule has 0 bridgehead atoms. The van der Waals surface area contributed by atoms with Gasteiger partial charge in [0.1, 0.15) is 6.33 Å². The third kappa shape index (κ3) is 3.90. The summed E-state index contributed by atoms with van der Waals surface area (Å²) in [6.45, 7) is 2.97. The maximum Gasteiger partial charge on any atom is 0.115 e. The fraction of sp³-hybridized carbons (Fsp3) is 0.292. The Morgan fingerprint density at radius 3 is 2.73 bits per heavy atom. The fourth-order valence-electron chi connectivity index (χ4n) is 4.57. The molecule has 5 rings (SSSR count). The van der Waals surface area contributed by atoms with Crippen LogP contribution < -0.4 is 5.32 Å². The number of aliphatic hydroxyl groups excluding tert-OH is 1. The fourth-order valence-corrected chi connectivity index (χ4v) is 4.57. The van der Waals surface area contributed by atoms with E-state index >= 15 is 0 Å². The minimum absolute atomic E-state index is 0.399. The number of aliphatic hydroxyl groups is 1. The smallest absolute Gasteiger partial charge is 0.115 e. The van der Waals surface area contributed by atoms with Crippen LogP contribution in [0.1, 0.15) is 29.2 Å². The van der Waals surface area contributed by atoms with Crippen LogP contribution in [0, 0.1) is 17.2 Å². The summed E-state index contributed by atoms with van der Waals surface area (Å²) in [6.07, 6.45) is 6.59. The molecule has 1 aromatic heterocycles. The van der Waals surface area contributed by atoms with Crippen molar-refractivity contribution in [3.05, 3.63) is 77.9 Å². The number of benzene rings is 2. The lowest BCUT2D eigenvalue weighted by molar-refractivity contribution is 0.220. The molecule has 152 valence electrons. The molecule has 0 amide bonds. The summed E-state index contributed by atoms with van der Waals surface area (Å²) < 4.78 is 0. The number of hydrogen-bond acceptors (Lipinski definition) is 6. The molecule has 3 heterocycles. The lowest BCUT2D eigenvalue weighted by Crippen LogP contribution is -2.32. The predicted octanol–water partition coefficient (Wildman–Crippen LogP) is 3.61. The number of hydrogen-bond donors (Lipinski definition) is 2. The number of rotatable bonds is 3. The topological polar surface area (TPSA) is 85.1 Å². The number of anilines is 1. The molecular weight excluding hydrogens is 374 g/mol. The summed E-state index contributed by atoms with van der Waals surface area (Å²) in [5.74, 6) is 0.609. The number of nitrogens with zero attached hydrogens (tertiary/aromatic N) is 4. The first-order valence-corrected chi connectivity index (χ1v) is 10.1. The number of fused-ring (bicyclic) bond motifs is 3. The Morgan fingerprint density at radius 1 is 1.13 bits per heavy atom. The van der Waals surface area contributed by atoms with E-state index in [2.05, 4.69) is 50.5 Å². The largest absolute Gasteiger partial charge is 0.400 e. The van der Waals surface area contributed by atoms with E-state index < -0.39 is 0 Å². The Balaban J connectivity index is 0.00000106. The van der Waals surface area contributed by atoms with E-state index in [0.29, 0.717) is 17.5 Å². The van der Waals surface area contributed by atoms with Crippen LogP contribution in [0.5, 0.6) is 0 Å². The zero-order valence-corrected chi connectivity index (χ0v) is 17.0. The van der Waals surface area contributed by atoms with Crippen LogP contribution in [0.15, 0.2) is 61.2 Å². The average molecular weight is 399 g/mol.